The summed E-state index contributed by atoms with van der Waals surface area (Å²) in [4.78, 5) is 23.9. The molecule has 1 heterocycles. The summed E-state index contributed by atoms with van der Waals surface area (Å²) in [5, 5.41) is 0. The highest BCUT2D eigenvalue weighted by atomic mass is 32.2. The molecule has 3 rings (SSSR count). The van der Waals surface area contributed by atoms with Crippen molar-refractivity contribution in [3.05, 3.63) is 65.0 Å². The fourth-order valence-corrected chi connectivity index (χ4v) is 3.59. The van der Waals surface area contributed by atoms with Crippen LogP contribution in [-0.2, 0) is 9.84 Å². The van der Waals surface area contributed by atoms with Gasteiger partial charge < -0.3 is 4.90 Å². The van der Waals surface area contributed by atoms with Crippen LogP contribution >= 0.6 is 0 Å². The third-order valence-electron chi connectivity index (χ3n) is 5.01. The van der Waals surface area contributed by atoms with Crippen LogP contribution in [0.2, 0.25) is 0 Å². The van der Waals surface area contributed by atoms with Crippen LogP contribution in [0.5, 0.6) is 0 Å². The monoisotopic (exact) mass is 397 g/mol. The number of hydrogen-bond acceptors (Lipinski definition) is 5. The Morgan fingerprint density at radius 2 is 1.54 bits per heavy atom. The highest BCUT2D eigenvalue weighted by molar-refractivity contribution is 7.90. The van der Waals surface area contributed by atoms with Gasteiger partial charge in [-0.2, -0.15) is 0 Å². The lowest BCUT2D eigenvalue weighted by atomic mass is 10.1. The van der Waals surface area contributed by atoms with Crippen molar-refractivity contribution < 1.29 is 13.2 Å². The Hall–Kier alpha value is -2.80. The topological polar surface area (TPSA) is 80.2 Å². The van der Waals surface area contributed by atoms with Gasteiger partial charge in [0.1, 0.15) is 0 Å². The van der Waals surface area contributed by atoms with E-state index in [4.69, 9.17) is 0 Å². The average molecular weight is 398 g/mol. The third-order valence-corrected chi connectivity index (χ3v) is 6.14. The first-order valence-corrected chi connectivity index (χ1v) is 10.8. The van der Waals surface area contributed by atoms with Gasteiger partial charge in [-0.15, -0.1) is 0 Å². The Labute approximate surface area is 165 Å². The van der Waals surface area contributed by atoms with Gasteiger partial charge in [0.05, 0.1) is 33.4 Å². The van der Waals surface area contributed by atoms with Crippen LogP contribution in [0.4, 0.5) is 0 Å². The van der Waals surface area contributed by atoms with Gasteiger partial charge in [0, 0.05) is 18.9 Å². The van der Waals surface area contributed by atoms with Gasteiger partial charge in [-0.05, 0) is 56.7 Å². The van der Waals surface area contributed by atoms with Crippen molar-refractivity contribution in [2.75, 3.05) is 13.3 Å². The zero-order valence-electron chi connectivity index (χ0n) is 16.6. The first-order valence-electron chi connectivity index (χ1n) is 8.90. The molecule has 0 unspecified atom stereocenters. The lowest BCUT2D eigenvalue weighted by Gasteiger charge is -2.25. The van der Waals surface area contributed by atoms with Gasteiger partial charge in [0.2, 0.25) is 0 Å². The number of nitrogens with zero attached hydrogens (tertiary/aromatic N) is 3. The summed E-state index contributed by atoms with van der Waals surface area (Å²) >= 11 is 0. The molecule has 6 nitrogen and oxygen atoms in total. The van der Waals surface area contributed by atoms with Crippen LogP contribution in [0.3, 0.4) is 0 Å². The Morgan fingerprint density at radius 1 is 0.964 bits per heavy atom. The molecular formula is C21H23N3O3S. The largest absolute Gasteiger partial charge is 0.335 e. The Kier molecular flexibility index (Phi) is 5.21. The second-order valence-corrected chi connectivity index (χ2v) is 9.05. The molecule has 0 saturated heterocycles. The van der Waals surface area contributed by atoms with Crippen molar-refractivity contribution in [1.82, 2.24) is 14.9 Å². The van der Waals surface area contributed by atoms with Crippen LogP contribution in [0, 0.1) is 13.8 Å². The molecule has 0 N–H and O–H groups in total. The number of carbonyl (C=O) groups is 1. The van der Waals surface area contributed by atoms with Crippen LogP contribution in [0.1, 0.15) is 40.3 Å². The molecule has 0 radical (unpaired) electrons. The minimum atomic E-state index is -3.25. The third kappa shape index (κ3) is 3.89. The fourth-order valence-electron chi connectivity index (χ4n) is 2.96. The van der Waals surface area contributed by atoms with E-state index in [0.29, 0.717) is 11.1 Å². The Bertz CT molecular complexity index is 1160. The maximum Gasteiger partial charge on any atom is 0.254 e. The number of aromatic nitrogens is 2. The van der Waals surface area contributed by atoms with E-state index in [1.807, 2.05) is 20.8 Å². The highest BCUT2D eigenvalue weighted by Crippen LogP contribution is 2.23. The maximum absolute atomic E-state index is 13.0. The Balaban J connectivity index is 1.87. The summed E-state index contributed by atoms with van der Waals surface area (Å²) in [6.07, 6.45) is 1.17. The van der Waals surface area contributed by atoms with Crippen molar-refractivity contribution in [1.29, 1.82) is 0 Å². The smallest absolute Gasteiger partial charge is 0.254 e. The molecule has 1 amide bonds. The van der Waals surface area contributed by atoms with Crippen molar-refractivity contribution in [2.45, 2.75) is 31.7 Å². The van der Waals surface area contributed by atoms with E-state index in [1.54, 1.807) is 54.4 Å². The molecule has 28 heavy (non-hydrogen) atoms. The van der Waals surface area contributed by atoms with E-state index in [0.717, 1.165) is 22.5 Å². The second-order valence-electron chi connectivity index (χ2n) is 7.03. The maximum atomic E-state index is 13.0. The van der Waals surface area contributed by atoms with E-state index in [9.17, 15) is 13.2 Å². The van der Waals surface area contributed by atoms with Gasteiger partial charge in [-0.1, -0.05) is 12.1 Å². The predicted molar refractivity (Wildman–Crippen MR) is 109 cm³/mol. The van der Waals surface area contributed by atoms with E-state index >= 15 is 0 Å². The average Bonchev–Trinajstić information content (AvgIpc) is 2.66. The standard InChI is InChI=1S/C21H23N3O3S/c1-13-14(2)23-20-12-17(8-11-19(20)22-13)21(25)24(4)15(3)16-6-9-18(10-7-16)28(5,26)27/h6-12,15H,1-5H3/t15-/m1/s1. The summed E-state index contributed by atoms with van der Waals surface area (Å²) in [6.45, 7) is 5.71. The molecule has 0 fully saturated rings. The summed E-state index contributed by atoms with van der Waals surface area (Å²) < 4.78 is 23.2. The number of amides is 1. The molecule has 0 aliphatic rings. The van der Waals surface area contributed by atoms with Crippen molar-refractivity contribution in [3.63, 3.8) is 0 Å². The summed E-state index contributed by atoms with van der Waals surface area (Å²) in [7, 11) is -1.52. The number of carbonyl (C=O) groups excluding carboxylic acids is 1. The zero-order chi connectivity index (χ0) is 20.6. The zero-order valence-corrected chi connectivity index (χ0v) is 17.4. The molecule has 1 aromatic heterocycles. The fraction of sp³-hybridized carbons (Fsp3) is 0.286. The lowest BCUT2D eigenvalue weighted by molar-refractivity contribution is 0.0742. The quantitative estimate of drug-likeness (QED) is 0.673. The number of hydrogen-bond donors (Lipinski definition) is 0. The number of sulfone groups is 1. The van der Waals surface area contributed by atoms with E-state index < -0.39 is 9.84 Å². The summed E-state index contributed by atoms with van der Waals surface area (Å²) in [6, 6.07) is 11.7. The van der Waals surface area contributed by atoms with Gasteiger partial charge in [-0.25, -0.2) is 18.4 Å². The molecule has 1 atom stereocenters. The normalized spacial score (nSPS) is 12.8. The van der Waals surface area contributed by atoms with Crippen molar-refractivity contribution in [2.24, 2.45) is 0 Å². The van der Waals surface area contributed by atoms with Crippen LogP contribution in [0.25, 0.3) is 11.0 Å². The predicted octanol–water partition coefficient (Wildman–Crippen LogP) is 3.48. The Morgan fingerprint density at radius 3 is 2.11 bits per heavy atom. The number of rotatable bonds is 4. The van der Waals surface area contributed by atoms with Gasteiger partial charge >= 0.3 is 0 Å². The molecule has 7 heteroatoms. The van der Waals surface area contributed by atoms with E-state index in [1.165, 1.54) is 6.26 Å². The molecule has 0 bridgehead atoms. The molecule has 0 aliphatic carbocycles. The second kappa shape index (κ2) is 7.31. The highest BCUT2D eigenvalue weighted by Gasteiger charge is 2.20. The van der Waals surface area contributed by atoms with E-state index in [2.05, 4.69) is 9.97 Å². The molecular weight excluding hydrogens is 374 g/mol. The minimum Gasteiger partial charge on any atom is -0.335 e. The first-order chi connectivity index (χ1) is 13.1. The van der Waals surface area contributed by atoms with Gasteiger partial charge in [0.15, 0.2) is 9.84 Å². The molecule has 2 aromatic carbocycles. The van der Waals surface area contributed by atoms with E-state index in [-0.39, 0.29) is 16.8 Å². The number of aryl methyl sites for hydroxylation is 2. The van der Waals surface area contributed by atoms with Crippen molar-refractivity contribution >= 4 is 26.8 Å². The number of fused-ring (bicyclic) bond motifs is 1. The molecule has 0 spiro atoms. The van der Waals surface area contributed by atoms with Gasteiger partial charge in [-0.3, -0.25) is 4.79 Å². The van der Waals surface area contributed by atoms with Crippen LogP contribution in [-0.4, -0.2) is 42.5 Å². The molecule has 146 valence electrons. The molecule has 3 aromatic rings. The summed E-state index contributed by atoms with van der Waals surface area (Å²) in [5.74, 6) is -0.137. The minimum absolute atomic E-state index is 0.137. The van der Waals surface area contributed by atoms with Crippen molar-refractivity contribution in [3.8, 4) is 0 Å². The molecule has 0 saturated carbocycles. The summed E-state index contributed by atoms with van der Waals surface area (Å²) in [5.41, 5.74) is 4.54. The SMILES string of the molecule is Cc1nc2ccc(C(=O)N(C)[C@H](C)c3ccc(S(C)(=O)=O)cc3)cc2nc1C. The van der Waals surface area contributed by atoms with Crippen LogP contribution in [0.15, 0.2) is 47.4 Å². The van der Waals surface area contributed by atoms with Gasteiger partial charge in [0.25, 0.3) is 5.91 Å². The van der Waals surface area contributed by atoms with Crippen LogP contribution < -0.4 is 0 Å². The number of benzene rings is 2. The first kappa shape index (κ1) is 19.9. The lowest BCUT2D eigenvalue weighted by Crippen LogP contribution is -2.29. The molecule has 0 aliphatic heterocycles.